The van der Waals surface area contributed by atoms with Crippen molar-refractivity contribution in [3.63, 3.8) is 0 Å². The van der Waals surface area contributed by atoms with Crippen molar-refractivity contribution in [1.82, 2.24) is 15.5 Å². The fraction of sp³-hybridized carbons (Fsp3) is 0.840. The van der Waals surface area contributed by atoms with Crippen LogP contribution in [0.4, 0.5) is 4.79 Å². The molecule has 10 nitrogen and oxygen atoms in total. The predicted octanol–water partition coefficient (Wildman–Crippen LogP) is 2.73. The fourth-order valence-corrected chi connectivity index (χ4v) is 5.81. The summed E-state index contributed by atoms with van der Waals surface area (Å²) >= 11 is 0. The summed E-state index contributed by atoms with van der Waals surface area (Å²) in [7, 11) is 0. The number of nitrogens with zero attached hydrogens (tertiary/aromatic N) is 2. The van der Waals surface area contributed by atoms with E-state index in [0.717, 1.165) is 64.2 Å². The Balaban J connectivity index is 1.58. The molecule has 0 aromatic heterocycles. The first kappa shape index (κ1) is 27.1. The van der Waals surface area contributed by atoms with Crippen molar-refractivity contribution >= 4 is 23.7 Å². The van der Waals surface area contributed by atoms with Crippen molar-refractivity contribution in [1.29, 1.82) is 0 Å². The minimum Gasteiger partial charge on any atom is -0.447 e. The smallest absolute Gasteiger partial charge is 0.408 e. The van der Waals surface area contributed by atoms with Gasteiger partial charge in [-0.25, -0.2) is 4.79 Å². The predicted molar refractivity (Wildman–Crippen MR) is 132 cm³/mol. The summed E-state index contributed by atoms with van der Waals surface area (Å²) in [5.41, 5.74) is 5.73. The van der Waals surface area contributed by atoms with Crippen LogP contribution in [0.15, 0.2) is 5.16 Å². The van der Waals surface area contributed by atoms with Crippen LogP contribution in [0.2, 0.25) is 0 Å². The molecule has 5 N–H and O–H groups in total. The molecule has 2 saturated carbocycles. The Morgan fingerprint density at radius 1 is 1.03 bits per heavy atom. The molecule has 2 aliphatic carbocycles. The number of carbonyl (C=O) groups is 3. The SMILES string of the molecule is CC(C)OC(=O)N[C@@H](C(=O)N1CCC[C@H]1C(=O)NC[C@H]1CC[C@H](C(N)=NO)CC1)C1CCCCC1. The minimum absolute atomic E-state index is 0.0605. The summed E-state index contributed by atoms with van der Waals surface area (Å²) in [6, 6.07) is -1.17. The molecule has 0 aromatic rings. The van der Waals surface area contributed by atoms with Crippen molar-refractivity contribution in [2.75, 3.05) is 13.1 Å². The number of alkyl carbamates (subject to hydrolysis) is 1. The molecule has 3 amide bonds. The maximum absolute atomic E-state index is 13.6. The third-order valence-corrected chi connectivity index (χ3v) is 7.79. The zero-order valence-electron chi connectivity index (χ0n) is 21.2. The third-order valence-electron chi connectivity index (χ3n) is 7.79. The van der Waals surface area contributed by atoms with Crippen LogP contribution in [0.3, 0.4) is 0 Å². The Bertz CT molecular complexity index is 759. The van der Waals surface area contributed by atoms with Crippen LogP contribution < -0.4 is 16.4 Å². The zero-order chi connectivity index (χ0) is 25.4. The maximum Gasteiger partial charge on any atom is 0.408 e. The van der Waals surface area contributed by atoms with E-state index in [1.165, 1.54) is 0 Å². The van der Waals surface area contributed by atoms with Gasteiger partial charge >= 0.3 is 6.09 Å². The second-order valence-corrected chi connectivity index (χ2v) is 10.7. The Kier molecular flexibility index (Phi) is 10.0. The molecule has 0 unspecified atom stereocenters. The van der Waals surface area contributed by atoms with Gasteiger partial charge in [0.15, 0.2) is 0 Å². The van der Waals surface area contributed by atoms with Gasteiger partial charge < -0.3 is 31.2 Å². The molecule has 1 heterocycles. The van der Waals surface area contributed by atoms with Crippen LogP contribution in [-0.4, -0.2) is 65.1 Å². The van der Waals surface area contributed by atoms with Crippen molar-refractivity contribution in [2.24, 2.45) is 28.6 Å². The molecular formula is C25H43N5O5. The lowest BCUT2D eigenvalue weighted by atomic mass is 9.81. The summed E-state index contributed by atoms with van der Waals surface area (Å²) < 4.78 is 5.26. The van der Waals surface area contributed by atoms with Gasteiger partial charge in [-0.3, -0.25) is 9.59 Å². The Labute approximate surface area is 208 Å². The largest absolute Gasteiger partial charge is 0.447 e. The highest BCUT2D eigenvalue weighted by molar-refractivity contribution is 5.92. The van der Waals surface area contributed by atoms with Crippen molar-refractivity contribution in [3.05, 3.63) is 0 Å². The van der Waals surface area contributed by atoms with Gasteiger partial charge in [0.25, 0.3) is 0 Å². The number of rotatable bonds is 8. The molecule has 0 spiro atoms. The molecule has 2 atom stereocenters. The number of nitrogens with one attached hydrogen (secondary N) is 2. The van der Waals surface area contributed by atoms with Gasteiger partial charge in [-0.2, -0.15) is 0 Å². The molecule has 0 radical (unpaired) electrons. The van der Waals surface area contributed by atoms with Crippen LogP contribution in [0, 0.1) is 17.8 Å². The normalized spacial score (nSPS) is 26.9. The van der Waals surface area contributed by atoms with E-state index in [1.807, 2.05) is 0 Å². The molecule has 3 aliphatic rings. The highest BCUT2D eigenvalue weighted by Crippen LogP contribution is 2.30. The first-order valence-electron chi connectivity index (χ1n) is 13.3. The molecule has 35 heavy (non-hydrogen) atoms. The van der Waals surface area contributed by atoms with Gasteiger partial charge in [-0.15, -0.1) is 0 Å². The molecular weight excluding hydrogens is 450 g/mol. The van der Waals surface area contributed by atoms with E-state index < -0.39 is 18.2 Å². The summed E-state index contributed by atoms with van der Waals surface area (Å²) in [5, 5.41) is 17.9. The number of amidine groups is 1. The van der Waals surface area contributed by atoms with Gasteiger partial charge in [0.05, 0.1) is 6.10 Å². The fourth-order valence-electron chi connectivity index (χ4n) is 5.81. The summed E-state index contributed by atoms with van der Waals surface area (Å²) in [5.74, 6) is 0.489. The molecule has 3 fully saturated rings. The van der Waals surface area contributed by atoms with Gasteiger partial charge in [-0.05, 0) is 77.0 Å². The summed E-state index contributed by atoms with van der Waals surface area (Å²) in [6.07, 6.45) is 9.02. The van der Waals surface area contributed by atoms with E-state index in [1.54, 1.807) is 18.7 Å². The lowest BCUT2D eigenvalue weighted by molar-refractivity contribution is -0.141. The summed E-state index contributed by atoms with van der Waals surface area (Å²) in [6.45, 7) is 4.64. The number of oxime groups is 1. The second-order valence-electron chi connectivity index (χ2n) is 10.7. The van der Waals surface area contributed by atoms with E-state index in [-0.39, 0.29) is 35.6 Å². The number of hydrogen-bond donors (Lipinski definition) is 4. The van der Waals surface area contributed by atoms with Crippen molar-refractivity contribution in [3.8, 4) is 0 Å². The monoisotopic (exact) mass is 493 g/mol. The number of likely N-dealkylation sites (tertiary alicyclic amines) is 1. The van der Waals surface area contributed by atoms with Crippen LogP contribution >= 0.6 is 0 Å². The number of amides is 3. The van der Waals surface area contributed by atoms with Crippen LogP contribution in [-0.2, 0) is 14.3 Å². The maximum atomic E-state index is 13.6. The van der Waals surface area contributed by atoms with Crippen LogP contribution in [0.25, 0.3) is 0 Å². The first-order valence-corrected chi connectivity index (χ1v) is 13.3. The Morgan fingerprint density at radius 2 is 1.71 bits per heavy atom. The quantitative estimate of drug-likeness (QED) is 0.177. The summed E-state index contributed by atoms with van der Waals surface area (Å²) in [4.78, 5) is 40.8. The van der Waals surface area contributed by atoms with Gasteiger partial charge in [-0.1, -0.05) is 24.4 Å². The van der Waals surface area contributed by atoms with Crippen molar-refractivity contribution in [2.45, 2.75) is 103 Å². The third kappa shape index (κ3) is 7.48. The lowest BCUT2D eigenvalue weighted by Crippen LogP contribution is -2.56. The molecule has 10 heteroatoms. The number of nitrogens with two attached hydrogens (primary N) is 1. The molecule has 1 aliphatic heterocycles. The number of carbonyl (C=O) groups excluding carboxylic acids is 3. The Morgan fingerprint density at radius 3 is 2.34 bits per heavy atom. The highest BCUT2D eigenvalue weighted by Gasteiger charge is 2.41. The average Bonchev–Trinajstić information content (AvgIpc) is 3.35. The molecule has 1 saturated heterocycles. The molecule has 3 rings (SSSR count). The molecule has 0 aromatic carbocycles. The Hall–Kier alpha value is -2.52. The van der Waals surface area contributed by atoms with Crippen LogP contribution in [0.1, 0.15) is 84.5 Å². The van der Waals surface area contributed by atoms with Gasteiger partial charge in [0.1, 0.15) is 17.9 Å². The van der Waals surface area contributed by atoms with E-state index in [2.05, 4.69) is 15.8 Å². The lowest BCUT2D eigenvalue weighted by Gasteiger charge is -2.34. The zero-order valence-corrected chi connectivity index (χ0v) is 21.2. The highest BCUT2D eigenvalue weighted by atomic mass is 16.6. The van der Waals surface area contributed by atoms with E-state index >= 15 is 0 Å². The van der Waals surface area contributed by atoms with Gasteiger partial charge in [0, 0.05) is 19.0 Å². The number of ether oxygens (including phenoxy) is 1. The second kappa shape index (κ2) is 13.0. The standard InChI is InChI=1S/C25H43N5O5/c1-16(2)35-25(33)28-21(18-7-4-3-5-8-18)24(32)30-14-6-9-20(30)23(31)27-15-17-10-12-19(13-11-17)22(26)29-34/h16-21,34H,3-15H2,1-2H3,(H2,26,29)(H,27,31)(H,28,33)/t17-,19-,20-,21+/m0/s1. The van der Waals surface area contributed by atoms with Crippen molar-refractivity contribution < 1.29 is 24.3 Å². The van der Waals surface area contributed by atoms with E-state index in [9.17, 15) is 14.4 Å². The van der Waals surface area contributed by atoms with E-state index in [0.29, 0.717) is 25.4 Å². The first-order chi connectivity index (χ1) is 16.8. The van der Waals surface area contributed by atoms with Gasteiger partial charge in [0.2, 0.25) is 11.8 Å². The minimum atomic E-state index is -0.663. The number of hydrogen-bond acceptors (Lipinski definition) is 6. The average molecular weight is 494 g/mol. The van der Waals surface area contributed by atoms with Crippen LogP contribution in [0.5, 0.6) is 0 Å². The molecule has 0 bridgehead atoms. The topological polar surface area (TPSA) is 146 Å². The van der Waals surface area contributed by atoms with E-state index in [4.69, 9.17) is 15.7 Å². The molecule has 198 valence electrons.